The summed E-state index contributed by atoms with van der Waals surface area (Å²) in [4.78, 5) is 28.0. The maximum Gasteiger partial charge on any atom is 0.417 e. The quantitative estimate of drug-likeness (QED) is 0.237. The predicted octanol–water partition coefficient (Wildman–Crippen LogP) is 4.37. The third kappa shape index (κ3) is 4.31. The van der Waals surface area contributed by atoms with E-state index < -0.39 is 29.6 Å². The molecule has 5 unspecified atom stereocenters. The van der Waals surface area contributed by atoms with Crippen LogP contribution in [-0.2, 0) is 15.7 Å². The van der Waals surface area contributed by atoms with Crippen molar-refractivity contribution in [3.63, 3.8) is 0 Å². The maximum atomic E-state index is 15.1. The molecule has 0 N–H and O–H groups in total. The van der Waals surface area contributed by atoms with Gasteiger partial charge in [0.05, 0.1) is 35.4 Å². The molecule has 3 fully saturated rings. The zero-order valence-electron chi connectivity index (χ0n) is 20.8. The van der Waals surface area contributed by atoms with E-state index in [4.69, 9.17) is 14.2 Å². The summed E-state index contributed by atoms with van der Waals surface area (Å²) in [6.45, 7) is 0.252. The molecule has 0 bridgehead atoms. The molecule has 2 aliphatic carbocycles. The SMILES string of the molecule is COCOCC1C2CC23CC(Oc2ccc(C(F)(F)F)cn2)C3N1C(=O)c1cccc(F)c1-c1ncccn1. The molecule has 3 aromatic rings. The van der Waals surface area contributed by atoms with E-state index in [2.05, 4.69) is 15.0 Å². The average molecular weight is 545 g/mol. The number of nitrogens with zero attached hydrogens (tertiary/aromatic N) is 4. The van der Waals surface area contributed by atoms with Crippen molar-refractivity contribution < 1.29 is 36.6 Å². The van der Waals surface area contributed by atoms with E-state index in [1.54, 1.807) is 11.0 Å². The van der Waals surface area contributed by atoms with Crippen LogP contribution in [0.15, 0.2) is 55.0 Å². The van der Waals surface area contributed by atoms with Crippen molar-refractivity contribution in [2.45, 2.75) is 37.2 Å². The highest BCUT2D eigenvalue weighted by molar-refractivity contribution is 6.01. The smallest absolute Gasteiger partial charge is 0.417 e. The molecule has 204 valence electrons. The predicted molar refractivity (Wildman–Crippen MR) is 128 cm³/mol. The van der Waals surface area contributed by atoms with Gasteiger partial charge in [0.15, 0.2) is 5.82 Å². The first-order chi connectivity index (χ1) is 18.7. The highest BCUT2D eigenvalue weighted by Gasteiger charge is 2.79. The Morgan fingerprint density at radius 1 is 1.10 bits per heavy atom. The molecule has 0 radical (unpaired) electrons. The topological polar surface area (TPSA) is 86.7 Å². The molecule has 5 atom stereocenters. The Labute approximate surface area is 220 Å². The number of aromatic nitrogens is 3. The summed E-state index contributed by atoms with van der Waals surface area (Å²) in [7, 11) is 1.50. The van der Waals surface area contributed by atoms with Gasteiger partial charge >= 0.3 is 6.18 Å². The normalized spacial score (nSPS) is 26.9. The number of pyridine rings is 1. The molecule has 2 aromatic heterocycles. The number of rotatable bonds is 8. The van der Waals surface area contributed by atoms with Gasteiger partial charge in [-0.3, -0.25) is 4.79 Å². The van der Waals surface area contributed by atoms with Crippen LogP contribution in [0.1, 0.15) is 28.8 Å². The molecular formula is C27H24F4N4O4. The Morgan fingerprint density at radius 3 is 2.59 bits per heavy atom. The molecule has 2 saturated carbocycles. The molecule has 1 aliphatic heterocycles. The molecule has 39 heavy (non-hydrogen) atoms. The summed E-state index contributed by atoms with van der Waals surface area (Å²) >= 11 is 0. The molecule has 1 spiro atoms. The van der Waals surface area contributed by atoms with Crippen molar-refractivity contribution in [3.05, 3.63) is 71.9 Å². The minimum Gasteiger partial charge on any atom is -0.472 e. The van der Waals surface area contributed by atoms with E-state index in [9.17, 15) is 18.0 Å². The van der Waals surface area contributed by atoms with Crippen LogP contribution >= 0.6 is 0 Å². The van der Waals surface area contributed by atoms with Crippen LogP contribution in [0.5, 0.6) is 5.88 Å². The lowest BCUT2D eigenvalue weighted by atomic mass is 9.72. The Morgan fingerprint density at radius 2 is 1.90 bits per heavy atom. The summed E-state index contributed by atoms with van der Waals surface area (Å²) < 4.78 is 70.7. The number of piperidine rings is 1. The van der Waals surface area contributed by atoms with Gasteiger partial charge in [0.25, 0.3) is 5.91 Å². The Bertz CT molecular complexity index is 1370. The summed E-state index contributed by atoms with van der Waals surface area (Å²) in [5, 5.41) is 0. The van der Waals surface area contributed by atoms with E-state index in [0.29, 0.717) is 6.42 Å². The van der Waals surface area contributed by atoms with Crippen molar-refractivity contribution in [2.24, 2.45) is 11.3 Å². The van der Waals surface area contributed by atoms with Crippen molar-refractivity contribution >= 4 is 5.91 Å². The van der Waals surface area contributed by atoms with E-state index in [0.717, 1.165) is 18.7 Å². The molecule has 12 heteroatoms. The number of carbonyl (C=O) groups is 1. The molecule has 3 aliphatic rings. The van der Waals surface area contributed by atoms with E-state index in [-0.39, 0.29) is 59.6 Å². The summed E-state index contributed by atoms with van der Waals surface area (Å²) in [6.07, 6.45) is 0.132. The first-order valence-electron chi connectivity index (χ1n) is 12.4. The number of ether oxygens (including phenoxy) is 3. The van der Waals surface area contributed by atoms with Crippen LogP contribution in [0.4, 0.5) is 17.6 Å². The highest BCUT2D eigenvalue weighted by atomic mass is 19.4. The van der Waals surface area contributed by atoms with Gasteiger partial charge in [-0.25, -0.2) is 19.3 Å². The lowest BCUT2D eigenvalue weighted by molar-refractivity contribution is -0.137. The van der Waals surface area contributed by atoms with Gasteiger partial charge in [0.2, 0.25) is 5.88 Å². The van der Waals surface area contributed by atoms with E-state index in [1.165, 1.54) is 43.8 Å². The summed E-state index contributed by atoms with van der Waals surface area (Å²) in [5.74, 6) is -0.785. The second kappa shape index (κ2) is 9.53. The Hall–Kier alpha value is -3.64. The van der Waals surface area contributed by atoms with Gasteiger partial charge in [0.1, 0.15) is 18.7 Å². The van der Waals surface area contributed by atoms with Crippen molar-refractivity contribution in [2.75, 3.05) is 20.5 Å². The lowest BCUT2D eigenvalue weighted by Gasteiger charge is -2.48. The van der Waals surface area contributed by atoms with Crippen LogP contribution in [0.2, 0.25) is 0 Å². The third-order valence-electron chi connectivity index (χ3n) is 7.92. The second-order valence-corrected chi connectivity index (χ2v) is 10.0. The fraction of sp³-hybridized carbons (Fsp3) is 0.407. The minimum absolute atomic E-state index is 0.00418. The largest absolute Gasteiger partial charge is 0.472 e. The van der Waals surface area contributed by atoms with Crippen LogP contribution in [0.3, 0.4) is 0 Å². The van der Waals surface area contributed by atoms with Gasteiger partial charge in [-0.05, 0) is 43.0 Å². The molecule has 1 amide bonds. The minimum atomic E-state index is -4.51. The molecular weight excluding hydrogens is 520 g/mol. The first-order valence-corrected chi connectivity index (χ1v) is 12.4. The number of alkyl halides is 3. The zero-order valence-corrected chi connectivity index (χ0v) is 20.8. The van der Waals surface area contributed by atoms with Crippen LogP contribution in [0, 0.1) is 17.2 Å². The second-order valence-electron chi connectivity index (χ2n) is 10.0. The summed E-state index contributed by atoms with van der Waals surface area (Å²) in [5.41, 5.74) is -0.968. The maximum absolute atomic E-state index is 15.1. The zero-order chi connectivity index (χ0) is 27.4. The van der Waals surface area contributed by atoms with Gasteiger partial charge in [-0.2, -0.15) is 13.2 Å². The number of hydrogen-bond donors (Lipinski definition) is 0. The number of likely N-dealkylation sites (tertiary alicyclic amines) is 1. The highest BCUT2D eigenvalue weighted by Crippen LogP contribution is 2.74. The average Bonchev–Trinajstić information content (AvgIpc) is 3.62. The molecule has 3 heterocycles. The lowest BCUT2D eigenvalue weighted by Crippen LogP contribution is -2.61. The molecule has 1 saturated heterocycles. The van der Waals surface area contributed by atoms with Gasteiger partial charge < -0.3 is 19.1 Å². The number of amides is 1. The monoisotopic (exact) mass is 544 g/mol. The van der Waals surface area contributed by atoms with Crippen molar-refractivity contribution in [1.29, 1.82) is 0 Å². The number of carbonyl (C=O) groups excluding carboxylic acids is 1. The van der Waals surface area contributed by atoms with Crippen molar-refractivity contribution in [1.82, 2.24) is 19.9 Å². The van der Waals surface area contributed by atoms with Gasteiger partial charge in [-0.1, -0.05) is 6.07 Å². The van der Waals surface area contributed by atoms with Crippen LogP contribution in [-0.4, -0.2) is 64.5 Å². The number of hydrogen-bond acceptors (Lipinski definition) is 7. The van der Waals surface area contributed by atoms with E-state index >= 15 is 4.39 Å². The number of benzene rings is 1. The Balaban J connectivity index is 1.32. The summed E-state index contributed by atoms with van der Waals surface area (Å²) in [6, 6.07) is 7.22. The molecule has 6 rings (SSSR count). The van der Waals surface area contributed by atoms with E-state index in [1.807, 2.05) is 0 Å². The third-order valence-corrected chi connectivity index (χ3v) is 7.92. The number of halogens is 4. The van der Waals surface area contributed by atoms with Crippen LogP contribution < -0.4 is 4.74 Å². The van der Waals surface area contributed by atoms with Crippen molar-refractivity contribution in [3.8, 4) is 17.3 Å². The van der Waals surface area contributed by atoms with Gasteiger partial charge in [-0.15, -0.1) is 0 Å². The van der Waals surface area contributed by atoms with Gasteiger partial charge in [0, 0.05) is 37.2 Å². The number of methoxy groups -OCH3 is 1. The first kappa shape index (κ1) is 25.6. The van der Waals surface area contributed by atoms with Crippen LogP contribution in [0.25, 0.3) is 11.4 Å². The molecule has 1 aromatic carbocycles. The Kier molecular flexibility index (Phi) is 6.26. The fourth-order valence-corrected chi connectivity index (χ4v) is 6.22. The molecule has 8 nitrogen and oxygen atoms in total. The standard InChI is InChI=1S/C27H24F4N4O4/c1-37-14-38-13-19-17-10-26(17)11-20(39-21-7-6-15(12-34-21)27(29,30)31)23(26)35(19)25(36)16-4-2-5-18(28)22(16)24-32-8-3-9-33-24/h2-9,12,17,19-20,23H,10-11,13-14H2,1H3. The fourth-order valence-electron chi connectivity index (χ4n) is 6.22.